The Morgan fingerprint density at radius 2 is 1.90 bits per heavy atom. The molecule has 0 saturated heterocycles. The molecule has 4 aromatic rings. The van der Waals surface area contributed by atoms with E-state index >= 15 is 0 Å². The molecule has 0 bridgehead atoms. The quantitative estimate of drug-likeness (QED) is 0.533. The van der Waals surface area contributed by atoms with Crippen molar-refractivity contribution in [1.29, 1.82) is 0 Å². The van der Waals surface area contributed by atoms with Crippen LogP contribution < -0.4 is 10.2 Å². The summed E-state index contributed by atoms with van der Waals surface area (Å²) in [6.07, 6.45) is 3.89. The fraction of sp³-hybridized carbons (Fsp3) is 0.261. The predicted octanol–water partition coefficient (Wildman–Crippen LogP) is 3.61. The molecule has 0 radical (unpaired) electrons. The second kappa shape index (κ2) is 7.76. The van der Waals surface area contributed by atoms with E-state index in [9.17, 15) is 5.11 Å². The van der Waals surface area contributed by atoms with Crippen molar-refractivity contribution in [3.05, 3.63) is 65.9 Å². The van der Waals surface area contributed by atoms with Gasteiger partial charge in [-0.3, -0.25) is 0 Å². The molecular weight excluding hydrogens is 376 g/mol. The second-order valence-corrected chi connectivity index (χ2v) is 7.54. The van der Waals surface area contributed by atoms with E-state index in [0.29, 0.717) is 18.3 Å². The number of anilines is 3. The first-order valence-corrected chi connectivity index (χ1v) is 10.3. The normalized spacial score (nSPS) is 13.5. The summed E-state index contributed by atoms with van der Waals surface area (Å²) in [6, 6.07) is 16.6. The number of aliphatic hydroxyl groups excluding tert-OH is 1. The highest BCUT2D eigenvalue weighted by Crippen LogP contribution is 2.34. The van der Waals surface area contributed by atoms with Crippen molar-refractivity contribution >= 4 is 28.5 Å². The smallest absolute Gasteiger partial charge is 0.233 e. The van der Waals surface area contributed by atoms with Crippen LogP contribution in [-0.2, 0) is 6.42 Å². The van der Waals surface area contributed by atoms with Gasteiger partial charge in [-0.15, -0.1) is 0 Å². The predicted molar refractivity (Wildman–Crippen MR) is 119 cm³/mol. The molecule has 0 fully saturated rings. The maximum atomic E-state index is 9.32. The van der Waals surface area contributed by atoms with E-state index in [1.54, 1.807) is 6.20 Å². The number of nitrogens with zero attached hydrogens (tertiary/aromatic N) is 5. The lowest BCUT2D eigenvalue weighted by Crippen LogP contribution is -2.26. The van der Waals surface area contributed by atoms with Gasteiger partial charge in [-0.05, 0) is 43.5 Å². The summed E-state index contributed by atoms with van der Waals surface area (Å²) in [5.41, 5.74) is 5.35. The molecule has 5 rings (SSSR count). The number of hydrogen-bond acceptors (Lipinski definition) is 6. The fourth-order valence-corrected chi connectivity index (χ4v) is 3.94. The number of rotatable bonds is 5. The Balaban J connectivity index is 1.67. The Morgan fingerprint density at radius 1 is 1.07 bits per heavy atom. The molecule has 152 valence electrons. The molecule has 3 heterocycles. The van der Waals surface area contributed by atoms with Crippen LogP contribution in [0.25, 0.3) is 16.7 Å². The molecule has 2 N–H and O–H groups in total. The van der Waals surface area contributed by atoms with Gasteiger partial charge < -0.3 is 15.3 Å². The second-order valence-electron chi connectivity index (χ2n) is 7.54. The van der Waals surface area contributed by atoms with Crippen molar-refractivity contribution in [2.75, 3.05) is 29.9 Å². The number of aromatic nitrogens is 4. The minimum atomic E-state index is 0.0273. The van der Waals surface area contributed by atoms with Gasteiger partial charge in [0.2, 0.25) is 5.95 Å². The van der Waals surface area contributed by atoms with Gasteiger partial charge in [0, 0.05) is 18.8 Å². The number of para-hydroxylation sites is 1. The summed E-state index contributed by atoms with van der Waals surface area (Å²) < 4.78 is 1.85. The van der Waals surface area contributed by atoms with E-state index in [2.05, 4.69) is 58.6 Å². The first kappa shape index (κ1) is 18.6. The summed E-state index contributed by atoms with van der Waals surface area (Å²) in [5, 5.41) is 18.0. The molecular formula is C23H24N6O. The highest BCUT2D eigenvalue weighted by Gasteiger charge is 2.23. The van der Waals surface area contributed by atoms with Gasteiger partial charge in [0.1, 0.15) is 5.82 Å². The van der Waals surface area contributed by atoms with Crippen LogP contribution in [0.5, 0.6) is 0 Å². The van der Waals surface area contributed by atoms with Gasteiger partial charge in [-0.1, -0.05) is 35.9 Å². The van der Waals surface area contributed by atoms with Crippen LogP contribution in [0, 0.1) is 6.92 Å². The number of aryl methyl sites for hydroxylation is 2. The van der Waals surface area contributed by atoms with Crippen LogP contribution in [0.3, 0.4) is 0 Å². The Labute approximate surface area is 175 Å². The monoisotopic (exact) mass is 400 g/mol. The Morgan fingerprint density at radius 3 is 2.73 bits per heavy atom. The molecule has 0 amide bonds. The van der Waals surface area contributed by atoms with Crippen molar-refractivity contribution in [2.45, 2.75) is 19.8 Å². The van der Waals surface area contributed by atoms with Gasteiger partial charge in [-0.25, -0.2) is 4.68 Å². The molecule has 0 aliphatic carbocycles. The molecule has 7 heteroatoms. The van der Waals surface area contributed by atoms with Crippen LogP contribution in [-0.4, -0.2) is 44.6 Å². The Bertz CT molecular complexity index is 1180. The third kappa shape index (κ3) is 3.27. The molecule has 30 heavy (non-hydrogen) atoms. The number of aliphatic hydroxyl groups is 1. The highest BCUT2D eigenvalue weighted by molar-refractivity contribution is 5.89. The van der Waals surface area contributed by atoms with E-state index in [4.69, 9.17) is 9.97 Å². The molecule has 0 saturated carbocycles. The van der Waals surface area contributed by atoms with Crippen LogP contribution in [0.4, 0.5) is 17.5 Å². The largest absolute Gasteiger partial charge is 0.395 e. The number of fused-ring (bicyclic) bond motifs is 2. The molecule has 7 nitrogen and oxygen atoms in total. The molecule has 2 aromatic heterocycles. The minimum absolute atomic E-state index is 0.0273. The topological polar surface area (TPSA) is 79.1 Å². The lowest BCUT2D eigenvalue weighted by Gasteiger charge is -2.29. The van der Waals surface area contributed by atoms with E-state index in [1.165, 1.54) is 11.1 Å². The van der Waals surface area contributed by atoms with Crippen molar-refractivity contribution < 1.29 is 5.11 Å². The molecule has 0 spiro atoms. The van der Waals surface area contributed by atoms with Crippen LogP contribution >= 0.6 is 0 Å². The summed E-state index contributed by atoms with van der Waals surface area (Å²) in [6.45, 7) is 3.37. The lowest BCUT2D eigenvalue weighted by atomic mass is 10.0. The van der Waals surface area contributed by atoms with Crippen molar-refractivity contribution in [2.24, 2.45) is 0 Å². The first-order chi connectivity index (χ1) is 14.7. The molecule has 2 aromatic carbocycles. The number of benzene rings is 2. The van der Waals surface area contributed by atoms with Gasteiger partial charge >= 0.3 is 0 Å². The van der Waals surface area contributed by atoms with E-state index < -0.39 is 0 Å². The third-order valence-electron chi connectivity index (χ3n) is 5.45. The molecule has 1 aliphatic rings. The lowest BCUT2D eigenvalue weighted by molar-refractivity contribution is 0.311. The van der Waals surface area contributed by atoms with Crippen molar-refractivity contribution in [3.63, 3.8) is 0 Å². The SMILES string of the molecule is Cc1ccc(-n2ncc3c(NCCO)nc(N4CCCc5ccccc54)nc32)cc1. The molecule has 0 unspecified atom stereocenters. The molecule has 0 atom stereocenters. The first-order valence-electron chi connectivity index (χ1n) is 10.3. The summed E-state index contributed by atoms with van der Waals surface area (Å²) in [5.74, 6) is 1.33. The Kier molecular flexibility index (Phi) is 4.80. The van der Waals surface area contributed by atoms with Gasteiger partial charge in [0.05, 0.1) is 23.9 Å². The minimum Gasteiger partial charge on any atom is -0.395 e. The zero-order chi connectivity index (χ0) is 20.5. The van der Waals surface area contributed by atoms with Crippen LogP contribution in [0.2, 0.25) is 0 Å². The Hall–Kier alpha value is -3.45. The third-order valence-corrected chi connectivity index (χ3v) is 5.45. The number of nitrogens with one attached hydrogen (secondary N) is 1. The zero-order valence-corrected chi connectivity index (χ0v) is 16.9. The average Bonchev–Trinajstić information content (AvgIpc) is 3.21. The van der Waals surface area contributed by atoms with E-state index in [1.807, 2.05) is 16.8 Å². The van der Waals surface area contributed by atoms with E-state index in [-0.39, 0.29) is 6.61 Å². The standard InChI is InChI=1S/C23H24N6O/c1-16-8-10-18(11-9-16)29-22-19(15-25-29)21(24-12-14-30)26-23(27-22)28-13-4-6-17-5-2-3-7-20(17)28/h2-3,5,7-11,15,30H,4,6,12-14H2,1H3,(H,24,26,27). The maximum absolute atomic E-state index is 9.32. The van der Waals surface area contributed by atoms with Crippen LogP contribution in [0.1, 0.15) is 17.5 Å². The van der Waals surface area contributed by atoms with Crippen LogP contribution in [0.15, 0.2) is 54.7 Å². The average molecular weight is 400 g/mol. The maximum Gasteiger partial charge on any atom is 0.233 e. The van der Waals surface area contributed by atoms with E-state index in [0.717, 1.165) is 41.8 Å². The number of hydrogen-bond donors (Lipinski definition) is 2. The van der Waals surface area contributed by atoms with Crippen molar-refractivity contribution in [1.82, 2.24) is 19.7 Å². The molecule has 1 aliphatic heterocycles. The fourth-order valence-electron chi connectivity index (χ4n) is 3.94. The van der Waals surface area contributed by atoms with Gasteiger partial charge in [0.15, 0.2) is 5.65 Å². The van der Waals surface area contributed by atoms with Gasteiger partial charge in [-0.2, -0.15) is 15.1 Å². The summed E-state index contributed by atoms with van der Waals surface area (Å²) in [4.78, 5) is 11.9. The highest BCUT2D eigenvalue weighted by atomic mass is 16.3. The summed E-state index contributed by atoms with van der Waals surface area (Å²) in [7, 11) is 0. The summed E-state index contributed by atoms with van der Waals surface area (Å²) >= 11 is 0. The van der Waals surface area contributed by atoms with Gasteiger partial charge in [0.25, 0.3) is 0 Å². The zero-order valence-electron chi connectivity index (χ0n) is 16.9. The van der Waals surface area contributed by atoms with Crippen molar-refractivity contribution in [3.8, 4) is 5.69 Å².